The number of thioether (sulfide) groups is 2. The van der Waals surface area contributed by atoms with Crippen LogP contribution in [0.25, 0.3) is 0 Å². The maximum absolute atomic E-state index is 13.0. The van der Waals surface area contributed by atoms with Gasteiger partial charge in [-0.25, -0.2) is 4.79 Å². The third-order valence-corrected chi connectivity index (χ3v) is 6.52. The fourth-order valence-corrected chi connectivity index (χ4v) is 3.84. The number of rotatable bonds is 16. The zero-order valence-corrected chi connectivity index (χ0v) is 21.6. The first-order valence-electron chi connectivity index (χ1n) is 10.9. The standard InChI is InChI=1S/C21H40N4O5S2/c1-7-13(4)17(21(29)30)25-20(28)16(12(2)3)24-19(27)15(9-11-32-6)23-18(26)14(22)8-10-31-5/h12-17H,7-11,22H2,1-6H3,(H,23,26)(H,24,27)(H,25,28)(H,29,30). The number of nitrogens with two attached hydrogens (primary N) is 1. The number of hydrogen-bond acceptors (Lipinski definition) is 7. The van der Waals surface area contributed by atoms with Gasteiger partial charge in [-0.3, -0.25) is 14.4 Å². The molecule has 9 nitrogen and oxygen atoms in total. The van der Waals surface area contributed by atoms with Crippen molar-refractivity contribution in [3.05, 3.63) is 0 Å². The molecule has 0 aliphatic heterocycles. The summed E-state index contributed by atoms with van der Waals surface area (Å²) in [7, 11) is 0. The van der Waals surface area contributed by atoms with Crippen molar-refractivity contribution in [3.63, 3.8) is 0 Å². The Bertz CT molecular complexity index is 621. The number of amides is 3. The van der Waals surface area contributed by atoms with Gasteiger partial charge in [0.05, 0.1) is 6.04 Å². The minimum absolute atomic E-state index is 0.267. The molecule has 5 unspecified atom stereocenters. The normalized spacial score (nSPS) is 15.9. The molecule has 0 rings (SSSR count). The lowest BCUT2D eigenvalue weighted by Gasteiger charge is -2.28. The van der Waals surface area contributed by atoms with Crippen molar-refractivity contribution in [2.45, 2.75) is 71.1 Å². The summed E-state index contributed by atoms with van der Waals surface area (Å²) in [4.78, 5) is 49.8. The first-order chi connectivity index (χ1) is 15.0. The van der Waals surface area contributed by atoms with Crippen molar-refractivity contribution in [2.75, 3.05) is 24.0 Å². The Morgan fingerprint density at radius 1 is 0.844 bits per heavy atom. The molecule has 5 atom stereocenters. The molecule has 32 heavy (non-hydrogen) atoms. The maximum atomic E-state index is 13.0. The summed E-state index contributed by atoms with van der Waals surface area (Å²) in [5, 5.41) is 17.4. The first kappa shape index (κ1) is 30.5. The third-order valence-electron chi connectivity index (χ3n) is 5.24. The molecule has 6 N–H and O–H groups in total. The maximum Gasteiger partial charge on any atom is 0.326 e. The van der Waals surface area contributed by atoms with E-state index < -0.39 is 47.9 Å². The van der Waals surface area contributed by atoms with E-state index in [1.165, 1.54) is 11.8 Å². The highest BCUT2D eigenvalue weighted by molar-refractivity contribution is 7.98. The summed E-state index contributed by atoms with van der Waals surface area (Å²) in [6.07, 6.45) is 5.27. The fourth-order valence-electron chi connectivity index (χ4n) is 2.87. The van der Waals surface area contributed by atoms with Crippen LogP contribution in [0, 0.1) is 11.8 Å². The fraction of sp³-hybridized carbons (Fsp3) is 0.810. The topological polar surface area (TPSA) is 151 Å². The minimum Gasteiger partial charge on any atom is -0.480 e. The summed E-state index contributed by atoms with van der Waals surface area (Å²) in [5.74, 6) is -1.78. The van der Waals surface area contributed by atoms with Crippen molar-refractivity contribution in [2.24, 2.45) is 17.6 Å². The number of carbonyl (C=O) groups excluding carboxylic acids is 3. The van der Waals surface area contributed by atoms with Crippen LogP contribution in [0.1, 0.15) is 47.0 Å². The molecule has 0 aromatic carbocycles. The molecule has 0 aliphatic rings. The minimum atomic E-state index is -1.12. The highest BCUT2D eigenvalue weighted by Crippen LogP contribution is 2.11. The summed E-state index contributed by atoms with van der Waals surface area (Å²) >= 11 is 3.12. The van der Waals surface area contributed by atoms with Crippen LogP contribution in [0.15, 0.2) is 0 Å². The molecule has 0 fully saturated rings. The van der Waals surface area contributed by atoms with E-state index in [1.807, 2.05) is 19.4 Å². The van der Waals surface area contributed by atoms with Gasteiger partial charge in [0.1, 0.15) is 18.1 Å². The number of nitrogens with one attached hydrogen (secondary N) is 3. The van der Waals surface area contributed by atoms with Gasteiger partial charge in [0.25, 0.3) is 0 Å². The second-order valence-corrected chi connectivity index (χ2v) is 10.1. The van der Waals surface area contributed by atoms with Crippen LogP contribution in [0.4, 0.5) is 0 Å². The van der Waals surface area contributed by atoms with Crippen molar-refractivity contribution in [3.8, 4) is 0 Å². The number of carboxylic acid groups (broad SMARTS) is 1. The number of carbonyl (C=O) groups is 4. The van der Waals surface area contributed by atoms with Crippen LogP contribution in [-0.4, -0.2) is 77.0 Å². The van der Waals surface area contributed by atoms with Gasteiger partial charge in [-0.1, -0.05) is 34.1 Å². The zero-order valence-electron chi connectivity index (χ0n) is 20.0. The summed E-state index contributed by atoms with van der Waals surface area (Å²) in [6, 6.07) is -3.54. The molecule has 0 spiro atoms. The van der Waals surface area contributed by atoms with E-state index in [4.69, 9.17) is 5.73 Å². The molecule has 0 heterocycles. The molecule has 3 amide bonds. The van der Waals surface area contributed by atoms with Gasteiger partial charge in [-0.2, -0.15) is 23.5 Å². The SMILES string of the molecule is CCC(C)C(NC(=O)C(NC(=O)C(CCSC)NC(=O)C(N)CCSC)C(C)C)C(=O)O. The van der Waals surface area contributed by atoms with E-state index >= 15 is 0 Å². The van der Waals surface area contributed by atoms with Crippen LogP contribution in [0.5, 0.6) is 0 Å². The van der Waals surface area contributed by atoms with E-state index in [9.17, 15) is 24.3 Å². The molecule has 0 saturated heterocycles. The van der Waals surface area contributed by atoms with E-state index in [1.54, 1.807) is 32.5 Å². The average molecular weight is 493 g/mol. The number of aliphatic carboxylic acids is 1. The summed E-state index contributed by atoms with van der Waals surface area (Å²) in [6.45, 7) is 7.11. The van der Waals surface area contributed by atoms with E-state index in [-0.39, 0.29) is 11.8 Å². The molecular formula is C21H40N4O5S2. The highest BCUT2D eigenvalue weighted by atomic mass is 32.2. The summed E-state index contributed by atoms with van der Waals surface area (Å²) < 4.78 is 0. The van der Waals surface area contributed by atoms with E-state index in [0.717, 1.165) is 5.75 Å². The van der Waals surface area contributed by atoms with Crippen LogP contribution >= 0.6 is 23.5 Å². The lowest BCUT2D eigenvalue weighted by Crippen LogP contribution is -2.59. The molecule has 0 saturated carbocycles. The Labute approximate surface area is 200 Å². The molecule has 186 valence electrons. The van der Waals surface area contributed by atoms with E-state index in [0.29, 0.717) is 25.0 Å². The quantitative estimate of drug-likeness (QED) is 0.215. The van der Waals surface area contributed by atoms with Crippen LogP contribution in [0.2, 0.25) is 0 Å². The Morgan fingerprint density at radius 2 is 1.38 bits per heavy atom. The molecule has 0 aliphatic carbocycles. The molecule has 11 heteroatoms. The zero-order chi connectivity index (χ0) is 24.8. The van der Waals surface area contributed by atoms with Gasteiger partial charge in [-0.05, 0) is 48.7 Å². The van der Waals surface area contributed by atoms with Gasteiger partial charge in [0.2, 0.25) is 17.7 Å². The molecule has 0 aromatic heterocycles. The van der Waals surface area contributed by atoms with Crippen molar-refractivity contribution in [1.29, 1.82) is 0 Å². The second-order valence-electron chi connectivity index (χ2n) is 8.17. The number of hydrogen-bond donors (Lipinski definition) is 5. The van der Waals surface area contributed by atoms with Crippen molar-refractivity contribution < 1.29 is 24.3 Å². The lowest BCUT2D eigenvalue weighted by molar-refractivity contribution is -0.144. The van der Waals surface area contributed by atoms with Gasteiger partial charge >= 0.3 is 5.97 Å². The Kier molecular flexibility index (Phi) is 15.5. The van der Waals surface area contributed by atoms with Crippen molar-refractivity contribution >= 4 is 47.2 Å². The predicted octanol–water partition coefficient (Wildman–Crippen LogP) is 1.06. The van der Waals surface area contributed by atoms with Gasteiger partial charge < -0.3 is 26.8 Å². The average Bonchev–Trinajstić information content (AvgIpc) is 2.75. The number of carboxylic acids is 1. The molecule has 0 aromatic rings. The van der Waals surface area contributed by atoms with Gasteiger partial charge in [0, 0.05) is 0 Å². The van der Waals surface area contributed by atoms with Gasteiger partial charge in [0.15, 0.2) is 0 Å². The Hall–Kier alpha value is -1.46. The Morgan fingerprint density at radius 3 is 1.84 bits per heavy atom. The predicted molar refractivity (Wildman–Crippen MR) is 132 cm³/mol. The van der Waals surface area contributed by atoms with Crippen molar-refractivity contribution in [1.82, 2.24) is 16.0 Å². The largest absolute Gasteiger partial charge is 0.480 e. The molecule has 0 radical (unpaired) electrons. The van der Waals surface area contributed by atoms with Crippen LogP contribution < -0.4 is 21.7 Å². The monoisotopic (exact) mass is 492 g/mol. The molecular weight excluding hydrogens is 452 g/mol. The smallest absolute Gasteiger partial charge is 0.326 e. The second kappa shape index (κ2) is 16.2. The van der Waals surface area contributed by atoms with Crippen LogP contribution in [-0.2, 0) is 19.2 Å². The lowest BCUT2D eigenvalue weighted by atomic mass is 9.97. The third kappa shape index (κ3) is 10.9. The summed E-state index contributed by atoms with van der Waals surface area (Å²) in [5.41, 5.74) is 5.92. The molecule has 0 bridgehead atoms. The van der Waals surface area contributed by atoms with E-state index in [2.05, 4.69) is 16.0 Å². The van der Waals surface area contributed by atoms with Crippen LogP contribution in [0.3, 0.4) is 0 Å². The Balaban J connectivity index is 5.37. The highest BCUT2D eigenvalue weighted by Gasteiger charge is 2.33. The van der Waals surface area contributed by atoms with Gasteiger partial charge in [-0.15, -0.1) is 0 Å². The first-order valence-corrected chi connectivity index (χ1v) is 13.7.